The zero-order chi connectivity index (χ0) is 14.2. The van der Waals surface area contributed by atoms with Crippen LogP contribution >= 0.6 is 15.9 Å². The van der Waals surface area contributed by atoms with E-state index in [1.54, 1.807) is 0 Å². The third-order valence-electron chi connectivity index (χ3n) is 3.47. The molecule has 1 aromatic rings. The molecule has 2 rings (SSSR count). The van der Waals surface area contributed by atoms with Crippen LogP contribution in [0.5, 0.6) is 0 Å². The van der Waals surface area contributed by atoms with Crippen LogP contribution in [0.4, 0.5) is 4.39 Å². The van der Waals surface area contributed by atoms with E-state index in [2.05, 4.69) is 15.9 Å². The van der Waals surface area contributed by atoms with Gasteiger partial charge in [0.15, 0.2) is 5.54 Å². The molecule has 0 spiro atoms. The van der Waals surface area contributed by atoms with E-state index in [1.807, 2.05) is 0 Å². The Balaban J connectivity index is 2.51. The Kier molecular flexibility index (Phi) is 3.62. The first-order valence-corrected chi connectivity index (χ1v) is 6.63. The molecule has 0 saturated heterocycles. The van der Waals surface area contributed by atoms with Crippen molar-refractivity contribution in [2.24, 2.45) is 0 Å². The molecule has 0 aliphatic heterocycles. The molecule has 1 unspecified atom stereocenters. The molecule has 102 valence electrons. The molecule has 1 saturated carbocycles. The zero-order valence-corrected chi connectivity index (χ0v) is 11.9. The average molecular weight is 330 g/mol. The van der Waals surface area contributed by atoms with E-state index in [4.69, 9.17) is 0 Å². The Labute approximate surface area is 118 Å². The first-order chi connectivity index (χ1) is 8.91. The molecule has 0 bridgehead atoms. The highest BCUT2D eigenvalue weighted by Crippen LogP contribution is 2.38. The number of benzene rings is 1. The highest BCUT2D eigenvalue weighted by atomic mass is 79.9. The third kappa shape index (κ3) is 2.36. The van der Waals surface area contributed by atoms with Crippen molar-refractivity contribution >= 4 is 28.3 Å². The van der Waals surface area contributed by atoms with Crippen molar-refractivity contribution in [3.05, 3.63) is 34.1 Å². The Morgan fingerprint density at radius 2 is 2.21 bits per heavy atom. The van der Waals surface area contributed by atoms with Gasteiger partial charge in [-0.25, -0.2) is 9.18 Å². The summed E-state index contributed by atoms with van der Waals surface area (Å²) in [5, 5.41) is 9.51. The number of aliphatic carboxylic acids is 1. The van der Waals surface area contributed by atoms with Crippen molar-refractivity contribution in [2.45, 2.75) is 31.3 Å². The summed E-state index contributed by atoms with van der Waals surface area (Å²) in [5.41, 5.74) is -1.12. The maximum Gasteiger partial charge on any atom is 0.334 e. The Hall–Kier alpha value is -1.43. The summed E-state index contributed by atoms with van der Waals surface area (Å²) >= 11 is 3.04. The van der Waals surface area contributed by atoms with Gasteiger partial charge in [0.2, 0.25) is 6.41 Å². The van der Waals surface area contributed by atoms with E-state index in [9.17, 15) is 19.1 Å². The van der Waals surface area contributed by atoms with E-state index >= 15 is 0 Å². The van der Waals surface area contributed by atoms with Gasteiger partial charge in [-0.3, -0.25) is 4.79 Å². The molecule has 1 aliphatic carbocycles. The maximum absolute atomic E-state index is 13.3. The smallest absolute Gasteiger partial charge is 0.334 e. The van der Waals surface area contributed by atoms with Crippen LogP contribution in [0.3, 0.4) is 0 Å². The van der Waals surface area contributed by atoms with Gasteiger partial charge in [-0.1, -0.05) is 6.07 Å². The van der Waals surface area contributed by atoms with Crippen LogP contribution in [-0.2, 0) is 15.1 Å². The van der Waals surface area contributed by atoms with Crippen molar-refractivity contribution in [3.63, 3.8) is 0 Å². The van der Waals surface area contributed by atoms with Crippen LogP contribution in [-0.4, -0.2) is 28.4 Å². The number of carbonyl (C=O) groups is 2. The first kappa shape index (κ1) is 14.0. The van der Waals surface area contributed by atoms with Crippen LogP contribution in [0, 0.1) is 5.82 Å². The number of halogens is 2. The van der Waals surface area contributed by atoms with Crippen molar-refractivity contribution in [1.82, 2.24) is 4.90 Å². The van der Waals surface area contributed by atoms with Gasteiger partial charge in [0.1, 0.15) is 5.82 Å². The van der Waals surface area contributed by atoms with Gasteiger partial charge in [0.25, 0.3) is 0 Å². The normalized spacial score (nSPS) is 17.6. The van der Waals surface area contributed by atoms with E-state index in [0.29, 0.717) is 12.0 Å². The standard InChI is InChI=1S/C13H13BrFNO3/c1-13(12(18)19,16(7-17)9-3-4-9)8-2-5-11(15)10(14)6-8/h2,5-7,9H,3-4H2,1H3,(H,18,19). The van der Waals surface area contributed by atoms with E-state index in [0.717, 1.165) is 12.8 Å². The summed E-state index contributed by atoms with van der Waals surface area (Å²) in [5.74, 6) is -1.61. The summed E-state index contributed by atoms with van der Waals surface area (Å²) in [6.45, 7) is 1.46. The predicted molar refractivity (Wildman–Crippen MR) is 70.0 cm³/mol. The molecule has 1 atom stereocenters. The molecule has 1 amide bonds. The molecule has 4 nitrogen and oxygen atoms in total. The van der Waals surface area contributed by atoms with Crippen molar-refractivity contribution in [3.8, 4) is 0 Å². The minimum Gasteiger partial charge on any atom is -0.479 e. The lowest BCUT2D eigenvalue weighted by atomic mass is 9.90. The van der Waals surface area contributed by atoms with E-state index in [1.165, 1.54) is 30.0 Å². The lowest BCUT2D eigenvalue weighted by Gasteiger charge is -2.36. The fourth-order valence-electron chi connectivity index (χ4n) is 2.09. The second-order valence-electron chi connectivity index (χ2n) is 4.75. The maximum atomic E-state index is 13.3. The number of carboxylic acids is 1. The SMILES string of the molecule is CC(C(=O)O)(c1ccc(F)c(Br)c1)N(C=O)C1CC1. The lowest BCUT2D eigenvalue weighted by Crippen LogP contribution is -2.50. The number of amides is 1. The monoisotopic (exact) mass is 329 g/mol. The third-order valence-corrected chi connectivity index (χ3v) is 4.08. The van der Waals surface area contributed by atoms with Crippen LogP contribution in [0.15, 0.2) is 22.7 Å². The first-order valence-electron chi connectivity index (χ1n) is 5.84. The number of carbonyl (C=O) groups excluding carboxylic acids is 1. The molecule has 1 N–H and O–H groups in total. The average Bonchev–Trinajstić information content (AvgIpc) is 3.17. The van der Waals surface area contributed by atoms with Crippen molar-refractivity contribution in [1.29, 1.82) is 0 Å². The molecule has 0 heterocycles. The summed E-state index contributed by atoms with van der Waals surface area (Å²) in [7, 11) is 0. The fraction of sp³-hybridized carbons (Fsp3) is 0.385. The molecule has 0 radical (unpaired) electrons. The molecule has 1 aromatic carbocycles. The van der Waals surface area contributed by atoms with Crippen molar-refractivity contribution < 1.29 is 19.1 Å². The molecular formula is C13H13BrFNO3. The summed E-state index contributed by atoms with van der Waals surface area (Å²) in [6, 6.07) is 3.94. The highest BCUT2D eigenvalue weighted by molar-refractivity contribution is 9.10. The Morgan fingerprint density at radius 3 is 2.63 bits per heavy atom. The molecule has 6 heteroatoms. The van der Waals surface area contributed by atoms with E-state index < -0.39 is 17.3 Å². The largest absolute Gasteiger partial charge is 0.479 e. The molecule has 19 heavy (non-hydrogen) atoms. The number of rotatable bonds is 5. The van der Waals surface area contributed by atoms with Gasteiger partial charge >= 0.3 is 5.97 Å². The Bertz CT molecular complexity index is 533. The number of hydrogen-bond acceptors (Lipinski definition) is 2. The summed E-state index contributed by atoms with van der Waals surface area (Å²) in [4.78, 5) is 24.2. The molecular weight excluding hydrogens is 317 g/mol. The van der Waals surface area contributed by atoms with Crippen LogP contribution < -0.4 is 0 Å². The fourth-order valence-corrected chi connectivity index (χ4v) is 2.47. The van der Waals surface area contributed by atoms with Crippen molar-refractivity contribution in [2.75, 3.05) is 0 Å². The van der Waals surface area contributed by atoms with Gasteiger partial charge in [0.05, 0.1) is 4.47 Å². The second kappa shape index (κ2) is 4.92. The van der Waals surface area contributed by atoms with Gasteiger partial charge in [-0.2, -0.15) is 0 Å². The van der Waals surface area contributed by atoms with Gasteiger partial charge < -0.3 is 10.0 Å². The van der Waals surface area contributed by atoms with Gasteiger partial charge in [0, 0.05) is 6.04 Å². The van der Waals surface area contributed by atoms with Crippen LogP contribution in [0.2, 0.25) is 0 Å². The van der Waals surface area contributed by atoms with E-state index in [-0.39, 0.29) is 10.5 Å². The highest BCUT2D eigenvalue weighted by Gasteiger charge is 2.47. The van der Waals surface area contributed by atoms with Crippen LogP contribution in [0.1, 0.15) is 25.3 Å². The van der Waals surface area contributed by atoms with Gasteiger partial charge in [-0.15, -0.1) is 0 Å². The summed E-state index contributed by atoms with van der Waals surface area (Å²) in [6.07, 6.45) is 2.15. The quantitative estimate of drug-likeness (QED) is 0.844. The predicted octanol–water partition coefficient (Wildman–Crippen LogP) is 2.51. The van der Waals surface area contributed by atoms with Gasteiger partial charge in [-0.05, 0) is 53.4 Å². The number of nitrogens with zero attached hydrogens (tertiary/aromatic N) is 1. The summed E-state index contributed by atoms with van der Waals surface area (Å²) < 4.78 is 13.4. The minimum absolute atomic E-state index is 0.0533. The Morgan fingerprint density at radius 1 is 1.58 bits per heavy atom. The number of carboxylic acid groups (broad SMARTS) is 1. The topological polar surface area (TPSA) is 57.6 Å². The molecule has 1 fully saturated rings. The van der Waals surface area contributed by atoms with Crippen LogP contribution in [0.25, 0.3) is 0 Å². The lowest BCUT2D eigenvalue weighted by molar-refractivity contribution is -0.155. The number of hydrogen-bond donors (Lipinski definition) is 1. The molecule has 1 aliphatic rings. The second-order valence-corrected chi connectivity index (χ2v) is 5.60. The minimum atomic E-state index is -1.49. The molecule has 0 aromatic heterocycles. The zero-order valence-electron chi connectivity index (χ0n) is 10.3.